The lowest BCUT2D eigenvalue weighted by molar-refractivity contribution is 0.0792. The number of benzene rings is 2. The highest BCUT2D eigenvalue weighted by Crippen LogP contribution is 2.23. The van der Waals surface area contributed by atoms with Crippen LogP contribution < -0.4 is 4.74 Å². The van der Waals surface area contributed by atoms with Crippen LogP contribution in [0.1, 0.15) is 41.6 Å². The smallest absolute Gasteiger partial charge is 0.253 e. The fourth-order valence-corrected chi connectivity index (χ4v) is 4.04. The molecular formula is C23H28N2O3. The normalized spacial score (nSPS) is 18.4. The van der Waals surface area contributed by atoms with Crippen molar-refractivity contribution >= 4 is 5.91 Å². The maximum absolute atomic E-state index is 12.4. The highest BCUT2D eigenvalue weighted by Gasteiger charge is 2.22. The molecule has 2 fully saturated rings. The second-order valence-electron chi connectivity index (χ2n) is 7.75. The van der Waals surface area contributed by atoms with Crippen molar-refractivity contribution in [3.05, 3.63) is 59.7 Å². The van der Waals surface area contributed by atoms with Crippen molar-refractivity contribution in [3.63, 3.8) is 0 Å². The Kier molecular flexibility index (Phi) is 5.81. The van der Waals surface area contributed by atoms with Crippen LogP contribution >= 0.6 is 0 Å². The van der Waals surface area contributed by atoms with Gasteiger partial charge in [-0.3, -0.25) is 9.69 Å². The zero-order chi connectivity index (χ0) is 19.3. The minimum absolute atomic E-state index is 0.126. The van der Waals surface area contributed by atoms with Gasteiger partial charge in [-0.1, -0.05) is 18.2 Å². The monoisotopic (exact) mass is 380 g/mol. The molecule has 148 valence electrons. The van der Waals surface area contributed by atoms with Gasteiger partial charge in [0, 0.05) is 43.9 Å². The predicted molar refractivity (Wildman–Crippen MR) is 109 cm³/mol. The maximum Gasteiger partial charge on any atom is 0.253 e. The van der Waals surface area contributed by atoms with Gasteiger partial charge in [0.2, 0.25) is 0 Å². The molecule has 5 nitrogen and oxygen atoms in total. The summed E-state index contributed by atoms with van der Waals surface area (Å²) in [6.07, 6.45) is 4.33. The summed E-state index contributed by atoms with van der Waals surface area (Å²) < 4.78 is 6.14. The highest BCUT2D eigenvalue weighted by atomic mass is 16.5. The Bertz CT molecular complexity index is 792. The Morgan fingerprint density at radius 3 is 2.32 bits per heavy atom. The minimum atomic E-state index is 0.126. The first-order chi connectivity index (χ1) is 13.7. The van der Waals surface area contributed by atoms with Crippen molar-refractivity contribution < 1.29 is 14.6 Å². The molecule has 5 heteroatoms. The van der Waals surface area contributed by atoms with Gasteiger partial charge in [0.1, 0.15) is 17.6 Å². The molecule has 0 atom stereocenters. The molecule has 2 aliphatic rings. The third kappa shape index (κ3) is 4.47. The predicted octanol–water partition coefficient (Wildman–Crippen LogP) is 3.67. The van der Waals surface area contributed by atoms with Gasteiger partial charge in [0.05, 0.1) is 0 Å². The van der Waals surface area contributed by atoms with Crippen LogP contribution in [-0.4, -0.2) is 53.1 Å². The summed E-state index contributed by atoms with van der Waals surface area (Å²) in [6.45, 7) is 4.41. The first-order valence-corrected chi connectivity index (χ1v) is 10.2. The third-order valence-corrected chi connectivity index (χ3v) is 5.72. The maximum atomic E-state index is 12.4. The second-order valence-corrected chi connectivity index (χ2v) is 7.75. The van der Waals surface area contributed by atoms with E-state index in [0.29, 0.717) is 5.75 Å². The van der Waals surface area contributed by atoms with E-state index < -0.39 is 0 Å². The molecule has 0 radical (unpaired) electrons. The molecule has 0 unspecified atom stereocenters. The Morgan fingerprint density at radius 2 is 1.64 bits per heavy atom. The molecule has 0 spiro atoms. The molecule has 2 saturated heterocycles. The number of ether oxygens (including phenoxy) is 1. The van der Waals surface area contributed by atoms with Crippen molar-refractivity contribution in [1.29, 1.82) is 0 Å². The Balaban J connectivity index is 1.26. The molecule has 2 aliphatic heterocycles. The molecule has 0 aromatic heterocycles. The molecule has 0 saturated carbocycles. The van der Waals surface area contributed by atoms with Crippen LogP contribution in [0.5, 0.6) is 11.5 Å². The van der Waals surface area contributed by atoms with Crippen molar-refractivity contribution in [2.75, 3.05) is 26.2 Å². The summed E-state index contributed by atoms with van der Waals surface area (Å²) in [4.78, 5) is 16.7. The molecule has 0 bridgehead atoms. The van der Waals surface area contributed by atoms with Gasteiger partial charge in [-0.15, -0.1) is 0 Å². The van der Waals surface area contributed by atoms with E-state index in [1.807, 2.05) is 47.4 Å². The summed E-state index contributed by atoms with van der Waals surface area (Å²) in [5.74, 6) is 1.32. The third-order valence-electron chi connectivity index (χ3n) is 5.72. The number of phenols is 1. The number of aromatic hydroxyl groups is 1. The lowest BCUT2D eigenvalue weighted by Gasteiger charge is -2.32. The molecule has 1 amide bonds. The van der Waals surface area contributed by atoms with Gasteiger partial charge < -0.3 is 14.7 Å². The fraction of sp³-hybridized carbons (Fsp3) is 0.435. The van der Waals surface area contributed by atoms with E-state index in [-0.39, 0.29) is 12.0 Å². The molecule has 2 aromatic rings. The molecule has 1 N–H and O–H groups in total. The van der Waals surface area contributed by atoms with E-state index in [4.69, 9.17) is 4.74 Å². The van der Waals surface area contributed by atoms with Gasteiger partial charge in [-0.05, 0) is 56.0 Å². The lowest BCUT2D eigenvalue weighted by Crippen LogP contribution is -2.37. The topological polar surface area (TPSA) is 53.0 Å². The van der Waals surface area contributed by atoms with Gasteiger partial charge in [-0.2, -0.15) is 0 Å². The number of phenolic OH excluding ortho intramolecular Hbond substituents is 1. The lowest BCUT2D eigenvalue weighted by atomic mass is 10.1. The van der Waals surface area contributed by atoms with Gasteiger partial charge >= 0.3 is 0 Å². The van der Waals surface area contributed by atoms with Crippen LogP contribution in [0, 0.1) is 0 Å². The van der Waals surface area contributed by atoms with E-state index in [1.165, 1.54) is 0 Å². The first-order valence-electron chi connectivity index (χ1n) is 10.2. The summed E-state index contributed by atoms with van der Waals surface area (Å²) in [5, 5.41) is 9.94. The number of piperidine rings is 1. The van der Waals surface area contributed by atoms with E-state index in [9.17, 15) is 9.90 Å². The zero-order valence-corrected chi connectivity index (χ0v) is 16.2. The summed E-state index contributed by atoms with van der Waals surface area (Å²) in [6, 6.07) is 15.1. The number of carbonyl (C=O) groups is 1. The van der Waals surface area contributed by atoms with Gasteiger partial charge in [0.25, 0.3) is 5.91 Å². The minimum Gasteiger partial charge on any atom is -0.508 e. The number of rotatable bonds is 5. The molecular weight excluding hydrogens is 352 g/mol. The van der Waals surface area contributed by atoms with Crippen LogP contribution in [0.3, 0.4) is 0 Å². The number of hydrogen-bond acceptors (Lipinski definition) is 4. The zero-order valence-electron chi connectivity index (χ0n) is 16.2. The van der Waals surface area contributed by atoms with Crippen molar-refractivity contribution in [1.82, 2.24) is 9.80 Å². The van der Waals surface area contributed by atoms with Crippen molar-refractivity contribution in [3.8, 4) is 11.5 Å². The summed E-state index contributed by atoms with van der Waals surface area (Å²) in [7, 11) is 0. The summed E-state index contributed by atoms with van der Waals surface area (Å²) >= 11 is 0. The highest BCUT2D eigenvalue weighted by molar-refractivity contribution is 5.94. The average molecular weight is 380 g/mol. The second kappa shape index (κ2) is 8.65. The average Bonchev–Trinajstić information content (AvgIpc) is 3.26. The van der Waals surface area contributed by atoms with E-state index in [0.717, 1.165) is 75.3 Å². The number of carbonyl (C=O) groups excluding carboxylic acids is 1. The van der Waals surface area contributed by atoms with E-state index >= 15 is 0 Å². The fourth-order valence-electron chi connectivity index (χ4n) is 4.04. The molecule has 0 aliphatic carbocycles. The largest absolute Gasteiger partial charge is 0.508 e. The van der Waals surface area contributed by atoms with Gasteiger partial charge in [-0.25, -0.2) is 0 Å². The molecule has 2 heterocycles. The van der Waals surface area contributed by atoms with Gasteiger partial charge in [0.15, 0.2) is 0 Å². The summed E-state index contributed by atoms with van der Waals surface area (Å²) in [5.41, 5.74) is 1.71. The van der Waals surface area contributed by atoms with E-state index in [2.05, 4.69) is 4.90 Å². The van der Waals surface area contributed by atoms with Crippen LogP contribution in [0.2, 0.25) is 0 Å². The number of hydrogen-bond donors (Lipinski definition) is 1. The first kappa shape index (κ1) is 18.8. The van der Waals surface area contributed by atoms with Crippen LogP contribution in [0.15, 0.2) is 48.5 Å². The van der Waals surface area contributed by atoms with Crippen LogP contribution in [-0.2, 0) is 6.54 Å². The Hall–Kier alpha value is -2.53. The number of para-hydroxylation sites is 1. The number of nitrogens with zero attached hydrogens (tertiary/aromatic N) is 2. The molecule has 2 aromatic carbocycles. The molecule has 28 heavy (non-hydrogen) atoms. The standard InChI is InChI=1S/C23H28N2O3/c26-22-6-2-1-5-19(22)17-24-15-11-21(12-16-24)28-20-9-7-18(8-10-20)23(27)25-13-3-4-14-25/h1-2,5-10,21,26H,3-4,11-17H2. The van der Waals surface area contributed by atoms with Crippen LogP contribution in [0.4, 0.5) is 0 Å². The molecule has 4 rings (SSSR count). The Labute approximate surface area is 166 Å². The van der Waals surface area contributed by atoms with E-state index in [1.54, 1.807) is 6.07 Å². The number of likely N-dealkylation sites (tertiary alicyclic amines) is 2. The van der Waals surface area contributed by atoms with Crippen LogP contribution in [0.25, 0.3) is 0 Å². The SMILES string of the molecule is O=C(c1ccc(OC2CCN(Cc3ccccc3O)CC2)cc1)N1CCCC1. The number of amides is 1. The van der Waals surface area contributed by atoms with Crippen molar-refractivity contribution in [2.45, 2.75) is 38.3 Å². The van der Waals surface area contributed by atoms with Crippen molar-refractivity contribution in [2.24, 2.45) is 0 Å². The Morgan fingerprint density at radius 1 is 0.964 bits per heavy atom. The quantitative estimate of drug-likeness (QED) is 0.860.